The van der Waals surface area contributed by atoms with Gasteiger partial charge in [-0.15, -0.1) is 0 Å². The van der Waals surface area contributed by atoms with Gasteiger partial charge in [0.05, 0.1) is 11.9 Å². The normalized spacial score (nSPS) is 14.1. The van der Waals surface area contributed by atoms with Crippen molar-refractivity contribution >= 4 is 33.2 Å². The Morgan fingerprint density at radius 3 is 2.73 bits per heavy atom. The molecule has 1 aromatic carbocycles. The molecule has 0 amide bonds. The lowest BCUT2D eigenvalue weighted by atomic mass is 10.2. The zero-order chi connectivity index (χ0) is 18.6. The van der Waals surface area contributed by atoms with Crippen LogP contribution in [0.15, 0.2) is 30.5 Å². The molecule has 5 N–H and O–H groups in total. The summed E-state index contributed by atoms with van der Waals surface area (Å²) >= 11 is 0. The maximum absolute atomic E-state index is 11.4. The second-order valence-corrected chi connectivity index (χ2v) is 8.17. The van der Waals surface area contributed by atoms with Crippen molar-refractivity contribution in [3.8, 4) is 0 Å². The fourth-order valence-corrected chi connectivity index (χ4v) is 3.15. The summed E-state index contributed by atoms with van der Waals surface area (Å²) in [4.78, 5) is 9.00. The first-order valence-electron chi connectivity index (χ1n) is 8.60. The molecule has 3 rings (SSSR count). The molecule has 0 radical (unpaired) electrons. The fourth-order valence-electron chi connectivity index (χ4n) is 2.60. The first-order valence-corrected chi connectivity index (χ1v) is 10.5. The van der Waals surface area contributed by atoms with Crippen LogP contribution < -0.4 is 21.1 Å². The monoisotopic (exact) mass is 376 g/mol. The average molecular weight is 376 g/mol. The van der Waals surface area contributed by atoms with Crippen LogP contribution in [-0.4, -0.2) is 37.7 Å². The summed E-state index contributed by atoms with van der Waals surface area (Å²) in [5, 5.41) is 6.47. The van der Waals surface area contributed by atoms with Gasteiger partial charge in [0.15, 0.2) is 0 Å². The zero-order valence-corrected chi connectivity index (χ0v) is 15.5. The third kappa shape index (κ3) is 5.30. The van der Waals surface area contributed by atoms with Gasteiger partial charge in [-0.05, 0) is 49.9 Å². The number of nitrogens with one attached hydrogen (secondary N) is 3. The molecule has 0 bridgehead atoms. The Labute approximate surface area is 153 Å². The van der Waals surface area contributed by atoms with Crippen LogP contribution in [0.25, 0.3) is 0 Å². The number of nitrogens with zero attached hydrogens (tertiary/aromatic N) is 2. The summed E-state index contributed by atoms with van der Waals surface area (Å²) in [5.74, 6) is 1.83. The summed E-state index contributed by atoms with van der Waals surface area (Å²) in [6, 6.07) is 6.96. The zero-order valence-electron chi connectivity index (χ0n) is 14.7. The van der Waals surface area contributed by atoms with E-state index in [1.54, 1.807) is 18.2 Å². The van der Waals surface area contributed by atoms with E-state index in [0.717, 1.165) is 30.6 Å². The molecule has 2 aromatic rings. The molecule has 1 aromatic heterocycles. The highest BCUT2D eigenvalue weighted by atomic mass is 32.2. The maximum atomic E-state index is 11.4. The van der Waals surface area contributed by atoms with Crippen molar-refractivity contribution in [3.63, 3.8) is 0 Å². The lowest BCUT2D eigenvalue weighted by Crippen LogP contribution is -2.12. The molecule has 1 fully saturated rings. The first kappa shape index (κ1) is 18.4. The molecule has 1 heterocycles. The number of anilines is 4. The van der Waals surface area contributed by atoms with Crippen molar-refractivity contribution in [2.75, 3.05) is 34.7 Å². The molecule has 0 saturated heterocycles. The van der Waals surface area contributed by atoms with E-state index < -0.39 is 10.0 Å². The van der Waals surface area contributed by atoms with E-state index in [-0.39, 0.29) is 0 Å². The van der Waals surface area contributed by atoms with Crippen LogP contribution in [-0.2, 0) is 10.0 Å². The number of benzene rings is 1. The average Bonchev–Trinajstić information content (AvgIpc) is 3.39. The highest BCUT2D eigenvalue weighted by molar-refractivity contribution is 7.92. The minimum atomic E-state index is -3.32. The van der Waals surface area contributed by atoms with E-state index in [0.29, 0.717) is 29.8 Å². The van der Waals surface area contributed by atoms with Crippen molar-refractivity contribution in [1.29, 1.82) is 0 Å². The molecular formula is C17H24N6O2S. The van der Waals surface area contributed by atoms with Crippen molar-refractivity contribution in [1.82, 2.24) is 9.97 Å². The van der Waals surface area contributed by atoms with Crippen molar-refractivity contribution in [2.24, 2.45) is 5.73 Å². The Morgan fingerprint density at radius 1 is 1.27 bits per heavy atom. The second-order valence-electron chi connectivity index (χ2n) is 6.42. The summed E-state index contributed by atoms with van der Waals surface area (Å²) < 4.78 is 25.2. The summed E-state index contributed by atoms with van der Waals surface area (Å²) in [6.07, 6.45) is 6.18. The quantitative estimate of drug-likeness (QED) is 0.495. The van der Waals surface area contributed by atoms with Crippen LogP contribution in [0.2, 0.25) is 0 Å². The molecule has 1 aliphatic rings. The number of sulfonamides is 1. The van der Waals surface area contributed by atoms with Crippen LogP contribution in [0.5, 0.6) is 0 Å². The van der Waals surface area contributed by atoms with Gasteiger partial charge in [-0.3, -0.25) is 4.72 Å². The Hall–Kier alpha value is -2.39. The summed E-state index contributed by atoms with van der Waals surface area (Å²) in [6.45, 7) is 1.39. The molecule has 26 heavy (non-hydrogen) atoms. The molecule has 9 heteroatoms. The maximum Gasteiger partial charge on any atom is 0.229 e. The van der Waals surface area contributed by atoms with E-state index in [2.05, 4.69) is 25.3 Å². The van der Waals surface area contributed by atoms with Gasteiger partial charge in [-0.2, -0.15) is 4.98 Å². The third-order valence-electron chi connectivity index (χ3n) is 3.93. The highest BCUT2D eigenvalue weighted by Crippen LogP contribution is 2.42. The Morgan fingerprint density at radius 2 is 2.04 bits per heavy atom. The van der Waals surface area contributed by atoms with E-state index in [9.17, 15) is 8.42 Å². The van der Waals surface area contributed by atoms with Gasteiger partial charge < -0.3 is 16.4 Å². The van der Waals surface area contributed by atoms with E-state index >= 15 is 0 Å². The Kier molecular flexibility index (Phi) is 5.58. The molecule has 0 unspecified atom stereocenters. The van der Waals surface area contributed by atoms with Gasteiger partial charge in [0.2, 0.25) is 16.0 Å². The topological polar surface area (TPSA) is 122 Å². The molecule has 1 saturated carbocycles. The number of hydrogen-bond donors (Lipinski definition) is 4. The van der Waals surface area contributed by atoms with E-state index in [4.69, 9.17) is 5.73 Å². The smallest absolute Gasteiger partial charge is 0.229 e. The molecule has 0 spiro atoms. The molecule has 0 atom stereocenters. The molecule has 140 valence electrons. The van der Waals surface area contributed by atoms with Gasteiger partial charge in [0.1, 0.15) is 5.82 Å². The lowest BCUT2D eigenvalue weighted by molar-refractivity contribution is 0.607. The van der Waals surface area contributed by atoms with Crippen LogP contribution in [0.4, 0.5) is 23.1 Å². The fraction of sp³-hybridized carbons (Fsp3) is 0.412. The molecular weight excluding hydrogens is 352 g/mol. The van der Waals surface area contributed by atoms with Crippen molar-refractivity contribution in [2.45, 2.75) is 25.2 Å². The number of hydrogen-bond acceptors (Lipinski definition) is 7. The second kappa shape index (κ2) is 7.88. The summed E-state index contributed by atoms with van der Waals surface area (Å²) in [5.41, 5.74) is 7.88. The van der Waals surface area contributed by atoms with Gasteiger partial charge in [-0.25, -0.2) is 13.4 Å². The minimum absolute atomic E-state index is 0.459. The van der Waals surface area contributed by atoms with Crippen LogP contribution >= 0.6 is 0 Å². The van der Waals surface area contributed by atoms with Crippen molar-refractivity contribution < 1.29 is 8.42 Å². The van der Waals surface area contributed by atoms with Crippen LogP contribution in [0.3, 0.4) is 0 Å². The molecule has 8 nitrogen and oxygen atoms in total. The standard InChI is InChI=1S/C17H24N6O2S/c1-26(24,25)23-14-5-2-4-13(10-14)21-17-20-11-15(12-6-7-12)16(22-17)19-9-3-8-18/h2,4-5,10-12,23H,3,6-9,18H2,1H3,(H2,19,20,21,22). The highest BCUT2D eigenvalue weighted by Gasteiger charge is 2.27. The SMILES string of the molecule is CS(=O)(=O)Nc1cccc(Nc2ncc(C3CC3)c(NCCCN)n2)c1. The van der Waals surface area contributed by atoms with Gasteiger partial charge >= 0.3 is 0 Å². The minimum Gasteiger partial charge on any atom is -0.370 e. The Bertz CT molecular complexity index is 867. The van der Waals surface area contributed by atoms with E-state index in [1.165, 1.54) is 12.8 Å². The lowest BCUT2D eigenvalue weighted by Gasteiger charge is -2.13. The van der Waals surface area contributed by atoms with Gasteiger partial charge in [0, 0.05) is 24.0 Å². The van der Waals surface area contributed by atoms with Crippen molar-refractivity contribution in [3.05, 3.63) is 36.0 Å². The molecule has 1 aliphatic carbocycles. The summed E-state index contributed by atoms with van der Waals surface area (Å²) in [7, 11) is -3.32. The number of aromatic nitrogens is 2. The third-order valence-corrected chi connectivity index (χ3v) is 4.54. The number of nitrogens with two attached hydrogens (primary N) is 1. The largest absolute Gasteiger partial charge is 0.370 e. The predicted molar refractivity (Wildman–Crippen MR) is 104 cm³/mol. The van der Waals surface area contributed by atoms with Gasteiger partial charge in [0.25, 0.3) is 0 Å². The number of rotatable bonds is 9. The predicted octanol–water partition coefficient (Wildman–Crippen LogP) is 2.23. The van der Waals surface area contributed by atoms with Gasteiger partial charge in [-0.1, -0.05) is 6.07 Å². The van der Waals surface area contributed by atoms with Crippen LogP contribution in [0.1, 0.15) is 30.7 Å². The Balaban J connectivity index is 1.77. The first-order chi connectivity index (χ1) is 12.4. The van der Waals surface area contributed by atoms with Crippen LogP contribution in [0, 0.1) is 0 Å². The molecule has 0 aliphatic heterocycles. The van der Waals surface area contributed by atoms with E-state index in [1.807, 2.05) is 12.3 Å².